The summed E-state index contributed by atoms with van der Waals surface area (Å²) in [6, 6.07) is 13.1. The van der Waals surface area contributed by atoms with E-state index in [-0.39, 0.29) is 11.4 Å². The number of hydrogen-bond donors (Lipinski definition) is 5. The standard InChI is InChI=1S/C20H23F3N2O4S.C4H4O4/c1-19(2)18(26)17(24-11-10-13-6-4-3-5-7-13)15-9-8-14(12-16(15)29-19)25-30(27,28)20(21,22)23;5-3(6)1-2-4(7)8/h3-9,12,17-18,24-26H,10-11H2,1-2H3;1-2H,(H,5,6)(H,7,8)/t17-,18+;/m0./s1. The Morgan fingerprint density at radius 3 is 2.16 bits per heavy atom. The first-order chi connectivity index (χ1) is 17.5. The number of aliphatic hydroxyl groups is 1. The first-order valence-corrected chi connectivity index (χ1v) is 12.5. The summed E-state index contributed by atoms with van der Waals surface area (Å²) in [5.41, 5.74) is -5.10. The molecular formula is C24H27F3N2O8S. The van der Waals surface area contributed by atoms with Crippen molar-refractivity contribution in [1.29, 1.82) is 0 Å². The summed E-state index contributed by atoms with van der Waals surface area (Å²) in [4.78, 5) is 19.1. The maximum Gasteiger partial charge on any atom is 0.516 e. The van der Waals surface area contributed by atoms with E-state index in [1.165, 1.54) is 22.9 Å². The lowest BCUT2D eigenvalue weighted by Gasteiger charge is -2.42. The molecule has 0 saturated carbocycles. The highest BCUT2D eigenvalue weighted by molar-refractivity contribution is 7.93. The zero-order valence-corrected chi connectivity index (χ0v) is 21.1. The number of aliphatic hydroxyl groups excluding tert-OH is 1. The number of sulfonamides is 1. The Balaban J connectivity index is 0.000000550. The van der Waals surface area contributed by atoms with E-state index in [2.05, 4.69) is 5.32 Å². The van der Waals surface area contributed by atoms with Crippen LogP contribution in [-0.2, 0) is 26.0 Å². The number of alkyl halides is 3. The Morgan fingerprint density at radius 1 is 1.05 bits per heavy atom. The van der Waals surface area contributed by atoms with Crippen molar-refractivity contribution in [1.82, 2.24) is 5.32 Å². The van der Waals surface area contributed by atoms with Gasteiger partial charge in [0.2, 0.25) is 0 Å². The number of fused-ring (bicyclic) bond motifs is 1. The van der Waals surface area contributed by atoms with E-state index in [1.807, 2.05) is 30.3 Å². The molecule has 1 aliphatic heterocycles. The van der Waals surface area contributed by atoms with E-state index >= 15 is 0 Å². The van der Waals surface area contributed by atoms with E-state index in [0.29, 0.717) is 30.7 Å². The second-order valence-electron chi connectivity index (χ2n) is 8.63. The lowest BCUT2D eigenvalue weighted by molar-refractivity contribution is -0.134. The van der Waals surface area contributed by atoms with Gasteiger partial charge in [-0.15, -0.1) is 0 Å². The fourth-order valence-electron chi connectivity index (χ4n) is 3.45. The predicted molar refractivity (Wildman–Crippen MR) is 131 cm³/mol. The van der Waals surface area contributed by atoms with Gasteiger partial charge in [0.25, 0.3) is 0 Å². The summed E-state index contributed by atoms with van der Waals surface area (Å²) in [5.74, 6) is -2.32. The van der Waals surface area contributed by atoms with Gasteiger partial charge >= 0.3 is 27.5 Å². The number of aliphatic carboxylic acids is 2. The van der Waals surface area contributed by atoms with E-state index < -0.39 is 45.2 Å². The van der Waals surface area contributed by atoms with Gasteiger partial charge in [0, 0.05) is 23.8 Å². The van der Waals surface area contributed by atoms with Gasteiger partial charge in [-0.2, -0.15) is 21.6 Å². The maximum atomic E-state index is 12.6. The normalized spacial score (nSPS) is 18.5. The predicted octanol–water partition coefficient (Wildman–Crippen LogP) is 3.07. The van der Waals surface area contributed by atoms with Crippen LogP contribution < -0.4 is 14.8 Å². The number of ether oxygens (including phenoxy) is 1. The first-order valence-electron chi connectivity index (χ1n) is 11.0. The van der Waals surface area contributed by atoms with Crippen molar-refractivity contribution in [3.05, 3.63) is 71.8 Å². The van der Waals surface area contributed by atoms with Crippen LogP contribution in [0.3, 0.4) is 0 Å². The van der Waals surface area contributed by atoms with Gasteiger partial charge in [-0.1, -0.05) is 36.4 Å². The number of rotatable bonds is 8. The average molecular weight is 561 g/mol. The molecular weight excluding hydrogens is 533 g/mol. The lowest BCUT2D eigenvalue weighted by atomic mass is 9.86. The molecule has 0 amide bonds. The minimum atomic E-state index is -5.55. The molecule has 0 aromatic heterocycles. The number of benzene rings is 2. The van der Waals surface area contributed by atoms with Gasteiger partial charge < -0.3 is 25.4 Å². The van der Waals surface area contributed by atoms with E-state index in [4.69, 9.17) is 14.9 Å². The Kier molecular flexibility index (Phi) is 9.89. The van der Waals surface area contributed by atoms with Crippen molar-refractivity contribution >= 4 is 27.6 Å². The van der Waals surface area contributed by atoms with Crippen LogP contribution in [0.25, 0.3) is 0 Å². The topological polar surface area (TPSA) is 162 Å². The van der Waals surface area contributed by atoms with Gasteiger partial charge in [0.05, 0.1) is 11.7 Å². The molecule has 2 aromatic carbocycles. The van der Waals surface area contributed by atoms with Crippen molar-refractivity contribution in [2.45, 2.75) is 43.5 Å². The molecule has 14 heteroatoms. The smallest absolute Gasteiger partial charge is 0.485 e. The van der Waals surface area contributed by atoms with Gasteiger partial charge in [0.15, 0.2) is 0 Å². The van der Waals surface area contributed by atoms with Crippen LogP contribution in [0.4, 0.5) is 18.9 Å². The summed E-state index contributed by atoms with van der Waals surface area (Å²) in [5, 5.41) is 29.7. The highest BCUT2D eigenvalue weighted by Gasteiger charge is 2.47. The SMILES string of the molecule is CC1(C)Oc2cc(NS(=O)(=O)C(F)(F)F)ccc2[C@H](NCCc2ccccc2)[C@H]1O.O=C(O)C=CC(=O)O. The summed E-state index contributed by atoms with van der Waals surface area (Å²) in [6.07, 6.45) is 0.896. The molecule has 0 bridgehead atoms. The third-order valence-electron chi connectivity index (χ3n) is 5.30. The van der Waals surface area contributed by atoms with Gasteiger partial charge in [-0.05, 0) is 38.4 Å². The number of hydrogen-bond acceptors (Lipinski definition) is 7. The van der Waals surface area contributed by atoms with Crippen LogP contribution in [0.5, 0.6) is 5.75 Å². The summed E-state index contributed by atoms with van der Waals surface area (Å²) in [7, 11) is -5.55. The number of carbonyl (C=O) groups is 2. The molecule has 38 heavy (non-hydrogen) atoms. The molecule has 3 rings (SSSR count). The van der Waals surface area contributed by atoms with E-state index in [9.17, 15) is 36.3 Å². The average Bonchev–Trinajstić information content (AvgIpc) is 2.80. The van der Waals surface area contributed by atoms with Crippen molar-refractivity contribution < 1.29 is 51.2 Å². The van der Waals surface area contributed by atoms with Crippen LogP contribution in [0.2, 0.25) is 0 Å². The van der Waals surface area contributed by atoms with Crippen molar-refractivity contribution in [3.63, 3.8) is 0 Å². The molecule has 208 valence electrons. The van der Waals surface area contributed by atoms with Crippen molar-refractivity contribution in [3.8, 4) is 5.75 Å². The fourth-order valence-corrected chi connectivity index (χ4v) is 4.01. The highest BCUT2D eigenvalue weighted by Crippen LogP contribution is 2.41. The van der Waals surface area contributed by atoms with Crippen LogP contribution in [0.15, 0.2) is 60.7 Å². The molecule has 1 heterocycles. The maximum absolute atomic E-state index is 12.6. The summed E-state index contributed by atoms with van der Waals surface area (Å²) < 4.78 is 68.0. The number of halogens is 3. The Bertz CT molecular complexity index is 1250. The third-order valence-corrected chi connectivity index (χ3v) is 6.41. The molecule has 0 fully saturated rings. The van der Waals surface area contributed by atoms with Crippen LogP contribution in [0, 0.1) is 0 Å². The number of nitrogens with one attached hydrogen (secondary N) is 2. The Morgan fingerprint density at radius 2 is 1.63 bits per heavy atom. The van der Waals surface area contributed by atoms with Crippen molar-refractivity contribution in [2.75, 3.05) is 11.3 Å². The molecule has 10 nitrogen and oxygen atoms in total. The minimum Gasteiger partial charge on any atom is -0.485 e. The van der Waals surface area contributed by atoms with Crippen LogP contribution in [-0.4, -0.2) is 59.4 Å². The molecule has 0 saturated heterocycles. The molecule has 5 N–H and O–H groups in total. The molecule has 1 aliphatic rings. The van der Waals surface area contributed by atoms with Crippen LogP contribution >= 0.6 is 0 Å². The second kappa shape index (κ2) is 12.3. The largest absolute Gasteiger partial charge is 0.516 e. The van der Waals surface area contributed by atoms with Crippen LogP contribution in [0.1, 0.15) is 31.0 Å². The minimum absolute atomic E-state index is 0.199. The molecule has 2 aromatic rings. The zero-order chi connectivity index (χ0) is 28.7. The first kappa shape index (κ1) is 30.6. The monoisotopic (exact) mass is 560 g/mol. The van der Waals surface area contributed by atoms with Gasteiger partial charge in [0.1, 0.15) is 17.5 Å². The van der Waals surface area contributed by atoms with E-state index in [1.54, 1.807) is 13.8 Å². The highest BCUT2D eigenvalue weighted by atomic mass is 32.2. The number of carboxylic acids is 2. The van der Waals surface area contributed by atoms with Crippen molar-refractivity contribution in [2.24, 2.45) is 0 Å². The fraction of sp³-hybridized carbons (Fsp3) is 0.333. The van der Waals surface area contributed by atoms with Gasteiger partial charge in [-0.25, -0.2) is 9.59 Å². The molecule has 0 aliphatic carbocycles. The molecule has 2 atom stereocenters. The molecule has 0 spiro atoms. The zero-order valence-electron chi connectivity index (χ0n) is 20.3. The van der Waals surface area contributed by atoms with E-state index in [0.717, 1.165) is 5.56 Å². The molecule has 0 radical (unpaired) electrons. The second-order valence-corrected chi connectivity index (χ2v) is 10.3. The Labute approximate surface area is 216 Å². The molecule has 0 unspecified atom stereocenters. The summed E-state index contributed by atoms with van der Waals surface area (Å²) >= 11 is 0. The third kappa shape index (κ3) is 8.46. The summed E-state index contributed by atoms with van der Waals surface area (Å²) in [6.45, 7) is 3.85. The Hall–Kier alpha value is -3.62. The number of anilines is 1. The lowest BCUT2D eigenvalue weighted by Crippen LogP contribution is -2.52. The quantitative estimate of drug-likeness (QED) is 0.306. The number of carboxylic acid groups (broad SMARTS) is 2. The van der Waals surface area contributed by atoms with Gasteiger partial charge in [-0.3, -0.25) is 4.72 Å².